The molecule has 3 heterocycles. The van der Waals surface area contributed by atoms with Crippen molar-refractivity contribution >= 4 is 44.6 Å². The quantitative estimate of drug-likeness (QED) is 0.402. The van der Waals surface area contributed by atoms with Crippen LogP contribution in [0.5, 0.6) is 0 Å². The van der Waals surface area contributed by atoms with Crippen LogP contribution in [0.2, 0.25) is 0 Å². The highest BCUT2D eigenvalue weighted by atomic mass is 32.1. The Bertz CT molecular complexity index is 1190. The summed E-state index contributed by atoms with van der Waals surface area (Å²) in [6.45, 7) is 6.08. The SMILES string of the molecule is CCNC(=O)Nc1nc2cc(-c3cnc(N4CCC(C)(C(=O)O)CC4)nc3)cc(CNC)c2s1. The molecule has 1 aliphatic rings. The van der Waals surface area contributed by atoms with Crippen molar-refractivity contribution in [2.24, 2.45) is 5.41 Å². The second-order valence-electron chi connectivity index (χ2n) is 8.64. The number of carboxylic acid groups (broad SMARTS) is 1. The smallest absolute Gasteiger partial charge is 0.321 e. The van der Waals surface area contributed by atoms with E-state index in [1.807, 2.05) is 24.9 Å². The average molecular weight is 484 g/mol. The Labute approximate surface area is 201 Å². The van der Waals surface area contributed by atoms with Crippen LogP contribution >= 0.6 is 11.3 Å². The van der Waals surface area contributed by atoms with Crippen LogP contribution in [0.1, 0.15) is 32.3 Å². The molecule has 0 spiro atoms. The molecule has 11 heteroatoms. The Hall–Kier alpha value is -3.31. The number of thiazole rings is 1. The Morgan fingerprint density at radius 1 is 1.18 bits per heavy atom. The summed E-state index contributed by atoms with van der Waals surface area (Å²) in [5, 5.41) is 18.7. The van der Waals surface area contributed by atoms with Crippen molar-refractivity contribution in [3.8, 4) is 11.1 Å². The van der Waals surface area contributed by atoms with Crippen molar-refractivity contribution in [3.63, 3.8) is 0 Å². The lowest BCUT2D eigenvalue weighted by Crippen LogP contribution is -2.43. The topological polar surface area (TPSA) is 132 Å². The van der Waals surface area contributed by atoms with E-state index in [9.17, 15) is 14.7 Å². The lowest BCUT2D eigenvalue weighted by molar-refractivity contribution is -0.149. The first-order valence-corrected chi connectivity index (χ1v) is 12.1. The molecule has 0 aliphatic carbocycles. The number of benzene rings is 1. The van der Waals surface area contributed by atoms with Gasteiger partial charge in [-0.15, -0.1) is 0 Å². The standard InChI is InChI=1S/C23H29N7O3S/c1-4-25-21(33)29-22-28-17-10-14(9-15(11-24-3)18(17)34-22)16-12-26-20(27-13-16)30-7-5-23(2,6-8-30)19(31)32/h9-10,12-13,24H,4-8,11H2,1-3H3,(H,31,32)(H2,25,28,29,33). The number of anilines is 2. The first-order chi connectivity index (χ1) is 16.3. The molecule has 180 valence electrons. The van der Waals surface area contributed by atoms with Gasteiger partial charge in [-0.2, -0.15) is 0 Å². The van der Waals surface area contributed by atoms with E-state index in [1.54, 1.807) is 19.3 Å². The van der Waals surface area contributed by atoms with E-state index < -0.39 is 11.4 Å². The highest BCUT2D eigenvalue weighted by Gasteiger charge is 2.37. The maximum Gasteiger partial charge on any atom is 0.321 e. The third kappa shape index (κ3) is 4.95. The number of nitrogens with zero attached hydrogens (tertiary/aromatic N) is 4. The minimum absolute atomic E-state index is 0.276. The van der Waals surface area contributed by atoms with Crippen molar-refractivity contribution in [1.29, 1.82) is 0 Å². The fourth-order valence-corrected chi connectivity index (χ4v) is 4.95. The van der Waals surface area contributed by atoms with Gasteiger partial charge in [0, 0.05) is 44.1 Å². The first-order valence-electron chi connectivity index (χ1n) is 11.3. The largest absolute Gasteiger partial charge is 0.481 e. The second-order valence-corrected chi connectivity index (χ2v) is 9.64. The maximum atomic E-state index is 11.9. The van der Waals surface area contributed by atoms with Gasteiger partial charge in [-0.05, 0) is 57.0 Å². The lowest BCUT2D eigenvalue weighted by atomic mass is 9.80. The Balaban J connectivity index is 1.57. The zero-order valence-corrected chi connectivity index (χ0v) is 20.3. The second kappa shape index (κ2) is 9.90. The van der Waals surface area contributed by atoms with Crippen molar-refractivity contribution in [3.05, 3.63) is 30.1 Å². The Morgan fingerprint density at radius 3 is 2.50 bits per heavy atom. The van der Waals surface area contributed by atoms with Crippen molar-refractivity contribution in [2.45, 2.75) is 33.2 Å². The minimum Gasteiger partial charge on any atom is -0.481 e. The molecule has 34 heavy (non-hydrogen) atoms. The third-order valence-corrected chi connectivity index (χ3v) is 7.19. The summed E-state index contributed by atoms with van der Waals surface area (Å²) in [6, 6.07) is 3.79. The molecule has 1 aliphatic heterocycles. The van der Waals surface area contributed by atoms with Gasteiger partial charge in [0.05, 0.1) is 15.6 Å². The van der Waals surface area contributed by atoms with E-state index in [1.165, 1.54) is 11.3 Å². The van der Waals surface area contributed by atoms with Gasteiger partial charge in [-0.3, -0.25) is 10.1 Å². The fraction of sp³-hybridized carbons (Fsp3) is 0.435. The number of hydrogen-bond acceptors (Lipinski definition) is 8. The van der Waals surface area contributed by atoms with E-state index in [2.05, 4.69) is 37.0 Å². The summed E-state index contributed by atoms with van der Waals surface area (Å²) >= 11 is 1.44. The molecule has 4 rings (SSSR count). The van der Waals surface area contributed by atoms with Crippen LogP contribution in [0.3, 0.4) is 0 Å². The minimum atomic E-state index is -0.748. The molecule has 1 fully saturated rings. The summed E-state index contributed by atoms with van der Waals surface area (Å²) in [7, 11) is 1.89. The zero-order valence-electron chi connectivity index (χ0n) is 19.5. The number of urea groups is 1. The molecule has 10 nitrogen and oxygen atoms in total. The Kier molecular flexibility index (Phi) is 6.94. The van der Waals surface area contributed by atoms with Crippen LogP contribution in [-0.4, -0.2) is 58.7 Å². The zero-order chi connectivity index (χ0) is 24.3. The molecule has 0 saturated carbocycles. The van der Waals surface area contributed by atoms with Gasteiger partial charge in [-0.1, -0.05) is 11.3 Å². The number of aromatic nitrogens is 3. The van der Waals surface area contributed by atoms with Crippen LogP contribution in [0, 0.1) is 5.41 Å². The lowest BCUT2D eigenvalue weighted by Gasteiger charge is -2.36. The number of hydrogen-bond donors (Lipinski definition) is 4. The Morgan fingerprint density at radius 2 is 1.88 bits per heavy atom. The van der Waals surface area contributed by atoms with E-state index in [4.69, 9.17) is 0 Å². The van der Waals surface area contributed by atoms with Crippen LogP contribution in [0.25, 0.3) is 21.3 Å². The summed E-state index contributed by atoms with van der Waals surface area (Å²) in [5.41, 5.74) is 2.99. The number of carbonyl (C=O) groups is 2. The molecule has 0 bridgehead atoms. The molecular weight excluding hydrogens is 454 g/mol. The number of nitrogens with one attached hydrogen (secondary N) is 3. The summed E-state index contributed by atoms with van der Waals surface area (Å²) in [6.07, 6.45) is 4.71. The highest BCUT2D eigenvalue weighted by molar-refractivity contribution is 7.22. The molecule has 2 aromatic heterocycles. The molecule has 0 unspecified atom stereocenters. The fourth-order valence-electron chi connectivity index (χ4n) is 3.99. The van der Waals surface area contributed by atoms with Gasteiger partial charge in [-0.25, -0.2) is 19.7 Å². The predicted octanol–water partition coefficient (Wildman–Crippen LogP) is 3.31. The van der Waals surface area contributed by atoms with Crippen LogP contribution in [-0.2, 0) is 11.3 Å². The van der Waals surface area contributed by atoms with E-state index in [0.717, 1.165) is 26.9 Å². The van der Waals surface area contributed by atoms with Crippen LogP contribution in [0.15, 0.2) is 24.5 Å². The van der Waals surface area contributed by atoms with Gasteiger partial charge in [0.1, 0.15) is 0 Å². The molecule has 0 radical (unpaired) electrons. The first kappa shape index (κ1) is 23.8. The average Bonchev–Trinajstić information content (AvgIpc) is 3.22. The van der Waals surface area contributed by atoms with Gasteiger partial charge < -0.3 is 20.6 Å². The number of aliphatic carboxylic acids is 1. The van der Waals surface area contributed by atoms with Crippen molar-refractivity contribution < 1.29 is 14.7 Å². The van der Waals surface area contributed by atoms with Crippen LogP contribution in [0.4, 0.5) is 15.9 Å². The molecule has 0 atom stereocenters. The molecule has 1 aromatic carbocycles. The number of piperidine rings is 1. The summed E-state index contributed by atoms with van der Waals surface area (Å²) in [5.74, 6) is -0.141. The van der Waals surface area contributed by atoms with Crippen molar-refractivity contribution in [2.75, 3.05) is 36.9 Å². The van der Waals surface area contributed by atoms with E-state index in [-0.39, 0.29) is 6.03 Å². The number of rotatable bonds is 7. The third-order valence-electron chi connectivity index (χ3n) is 6.13. The summed E-state index contributed by atoms with van der Waals surface area (Å²) in [4.78, 5) is 39.1. The normalized spacial score (nSPS) is 15.3. The highest BCUT2D eigenvalue weighted by Crippen LogP contribution is 2.35. The number of amides is 2. The van der Waals surface area contributed by atoms with Gasteiger partial charge in [0.25, 0.3) is 0 Å². The molecule has 1 saturated heterocycles. The van der Waals surface area contributed by atoms with E-state index in [0.29, 0.717) is 50.1 Å². The number of carbonyl (C=O) groups excluding carboxylic acids is 1. The van der Waals surface area contributed by atoms with Crippen LogP contribution < -0.4 is 20.9 Å². The molecule has 3 aromatic rings. The summed E-state index contributed by atoms with van der Waals surface area (Å²) < 4.78 is 1.01. The van der Waals surface area contributed by atoms with Crippen molar-refractivity contribution in [1.82, 2.24) is 25.6 Å². The van der Waals surface area contributed by atoms with Gasteiger partial charge >= 0.3 is 12.0 Å². The predicted molar refractivity (Wildman–Crippen MR) is 133 cm³/mol. The molecule has 2 amide bonds. The molecule has 4 N–H and O–H groups in total. The molecular formula is C23H29N7O3S. The monoisotopic (exact) mass is 483 g/mol. The van der Waals surface area contributed by atoms with Gasteiger partial charge in [0.2, 0.25) is 5.95 Å². The maximum absolute atomic E-state index is 11.9. The van der Waals surface area contributed by atoms with E-state index >= 15 is 0 Å². The number of fused-ring (bicyclic) bond motifs is 1. The van der Waals surface area contributed by atoms with Gasteiger partial charge in [0.15, 0.2) is 5.13 Å². The number of carboxylic acids is 1.